The van der Waals surface area contributed by atoms with Gasteiger partial charge in [-0.3, -0.25) is 28.9 Å². The summed E-state index contributed by atoms with van der Waals surface area (Å²) in [6.45, 7) is 2.97. The lowest BCUT2D eigenvalue weighted by molar-refractivity contribution is -0.127. The first-order chi connectivity index (χ1) is 15.1. The summed E-state index contributed by atoms with van der Waals surface area (Å²) in [5, 5.41) is 15.5. The number of fused-ring (bicyclic) bond motifs is 1. The van der Waals surface area contributed by atoms with Crippen molar-refractivity contribution in [2.75, 3.05) is 0 Å². The second kappa shape index (κ2) is 7.82. The van der Waals surface area contributed by atoms with Crippen LogP contribution in [-0.2, 0) is 18.0 Å². The molecule has 0 bridgehead atoms. The normalized spacial score (nSPS) is 14.0. The van der Waals surface area contributed by atoms with Gasteiger partial charge in [0.15, 0.2) is 0 Å². The maximum absolute atomic E-state index is 12.3. The smallest absolute Gasteiger partial charge is 0.252 e. The lowest BCUT2D eigenvalue weighted by Crippen LogP contribution is -2.37. The summed E-state index contributed by atoms with van der Waals surface area (Å²) >= 11 is 0. The standard InChI is InChI=1S/C22H23N7O2/c1-2-29-12-16(9-25-29)18-8-17-19(10-23-18)26-27-21(17)15-6-7-20(30)28(11-15)13-24-22(31)14-4-3-5-14/h6-12,14H,2-5,13H2,1H3,(H,24,31)(H,26,27). The average molecular weight is 417 g/mol. The Hall–Kier alpha value is -3.75. The molecule has 0 aromatic carbocycles. The molecule has 1 fully saturated rings. The molecule has 9 nitrogen and oxygen atoms in total. The number of aryl methyl sites for hydroxylation is 1. The van der Waals surface area contributed by atoms with E-state index in [0.717, 1.165) is 59.2 Å². The van der Waals surface area contributed by atoms with E-state index in [0.29, 0.717) is 0 Å². The first-order valence-electron chi connectivity index (χ1n) is 10.5. The number of carbonyl (C=O) groups is 1. The van der Waals surface area contributed by atoms with Crippen LogP contribution in [-0.4, -0.2) is 35.4 Å². The maximum atomic E-state index is 12.3. The Morgan fingerprint density at radius 3 is 2.84 bits per heavy atom. The molecule has 0 unspecified atom stereocenters. The molecule has 4 heterocycles. The van der Waals surface area contributed by atoms with E-state index in [-0.39, 0.29) is 24.1 Å². The van der Waals surface area contributed by atoms with Crippen LogP contribution >= 0.6 is 0 Å². The van der Waals surface area contributed by atoms with Gasteiger partial charge in [0.2, 0.25) is 5.91 Å². The molecular weight excluding hydrogens is 394 g/mol. The van der Waals surface area contributed by atoms with Crippen molar-refractivity contribution < 1.29 is 4.79 Å². The van der Waals surface area contributed by atoms with Gasteiger partial charge in [0, 0.05) is 47.4 Å². The summed E-state index contributed by atoms with van der Waals surface area (Å²) in [6.07, 6.45) is 10.2. The van der Waals surface area contributed by atoms with Crippen molar-refractivity contribution >= 4 is 16.8 Å². The van der Waals surface area contributed by atoms with Crippen molar-refractivity contribution in [3.05, 3.63) is 53.3 Å². The summed E-state index contributed by atoms with van der Waals surface area (Å²) < 4.78 is 3.35. The van der Waals surface area contributed by atoms with E-state index in [9.17, 15) is 9.59 Å². The van der Waals surface area contributed by atoms with E-state index in [1.807, 2.05) is 23.9 Å². The van der Waals surface area contributed by atoms with Crippen molar-refractivity contribution in [1.82, 2.24) is 34.8 Å². The number of amides is 1. The number of hydrogen-bond donors (Lipinski definition) is 2. The van der Waals surface area contributed by atoms with Crippen molar-refractivity contribution in [3.8, 4) is 22.5 Å². The summed E-state index contributed by atoms with van der Waals surface area (Å²) in [7, 11) is 0. The minimum Gasteiger partial charge on any atom is -0.338 e. The molecule has 1 saturated carbocycles. The third-order valence-electron chi connectivity index (χ3n) is 5.86. The minimum atomic E-state index is -0.174. The quantitative estimate of drug-likeness (QED) is 0.501. The largest absolute Gasteiger partial charge is 0.338 e. The molecule has 1 amide bonds. The number of hydrogen-bond acceptors (Lipinski definition) is 5. The summed E-state index contributed by atoms with van der Waals surface area (Å²) in [5.74, 6) is 0.0919. The molecule has 0 spiro atoms. The zero-order valence-electron chi connectivity index (χ0n) is 17.2. The highest BCUT2D eigenvalue weighted by molar-refractivity contribution is 5.94. The molecule has 9 heteroatoms. The molecule has 4 aromatic heterocycles. The first-order valence-corrected chi connectivity index (χ1v) is 10.5. The zero-order valence-corrected chi connectivity index (χ0v) is 17.2. The fourth-order valence-electron chi connectivity index (χ4n) is 3.74. The molecule has 5 rings (SSSR count). The number of nitrogens with one attached hydrogen (secondary N) is 2. The second-order valence-electron chi connectivity index (χ2n) is 7.82. The van der Waals surface area contributed by atoms with Gasteiger partial charge in [-0.25, -0.2) is 0 Å². The molecule has 158 valence electrons. The SMILES string of the molecule is CCn1cc(-c2cc3c(-c4ccc(=O)n(CNC(=O)C5CCC5)c4)n[nH]c3cn2)cn1. The maximum Gasteiger partial charge on any atom is 0.252 e. The molecule has 1 aliphatic rings. The molecule has 4 aromatic rings. The second-order valence-corrected chi connectivity index (χ2v) is 7.82. The van der Waals surface area contributed by atoms with Gasteiger partial charge >= 0.3 is 0 Å². The number of pyridine rings is 2. The molecule has 2 N–H and O–H groups in total. The highest BCUT2D eigenvalue weighted by Crippen LogP contribution is 2.29. The van der Waals surface area contributed by atoms with Crippen molar-refractivity contribution in [2.45, 2.75) is 39.4 Å². The van der Waals surface area contributed by atoms with Crippen LogP contribution in [0.2, 0.25) is 0 Å². The molecule has 0 aliphatic heterocycles. The fourth-order valence-corrected chi connectivity index (χ4v) is 3.74. The Kier molecular flexibility index (Phi) is 4.85. The molecular formula is C22H23N7O2. The minimum absolute atomic E-state index is 0.0112. The highest BCUT2D eigenvalue weighted by atomic mass is 16.2. The third-order valence-corrected chi connectivity index (χ3v) is 5.86. The van der Waals surface area contributed by atoms with Crippen molar-refractivity contribution in [2.24, 2.45) is 5.92 Å². The van der Waals surface area contributed by atoms with Gasteiger partial charge < -0.3 is 5.32 Å². The number of H-pyrrole nitrogens is 1. The van der Waals surface area contributed by atoms with Crippen molar-refractivity contribution in [3.63, 3.8) is 0 Å². The van der Waals surface area contributed by atoms with E-state index in [2.05, 4.69) is 25.6 Å². The van der Waals surface area contributed by atoms with Gasteiger partial charge in [-0.15, -0.1) is 0 Å². The van der Waals surface area contributed by atoms with E-state index in [1.165, 1.54) is 10.6 Å². The summed E-state index contributed by atoms with van der Waals surface area (Å²) in [6, 6.07) is 5.22. The molecule has 31 heavy (non-hydrogen) atoms. The van der Waals surface area contributed by atoms with Gasteiger partial charge in [0.25, 0.3) is 5.56 Å². The molecule has 0 atom stereocenters. The Morgan fingerprint density at radius 2 is 2.10 bits per heavy atom. The number of aromatic nitrogens is 6. The van der Waals surface area contributed by atoms with Gasteiger partial charge in [0.1, 0.15) is 5.69 Å². The average Bonchev–Trinajstić information content (AvgIpc) is 3.38. The van der Waals surface area contributed by atoms with Crippen LogP contribution in [0.15, 0.2) is 47.8 Å². The molecule has 0 saturated heterocycles. The van der Waals surface area contributed by atoms with E-state index < -0.39 is 0 Å². The number of aromatic amines is 1. The van der Waals surface area contributed by atoms with Gasteiger partial charge in [-0.1, -0.05) is 6.42 Å². The Balaban J connectivity index is 1.46. The van der Waals surface area contributed by atoms with E-state index in [1.54, 1.807) is 24.7 Å². The predicted molar refractivity (Wildman–Crippen MR) is 116 cm³/mol. The van der Waals surface area contributed by atoms with Gasteiger partial charge in [-0.05, 0) is 31.9 Å². The Bertz CT molecular complexity index is 1310. The zero-order chi connectivity index (χ0) is 21.4. The van der Waals surface area contributed by atoms with Crippen LogP contribution in [0.5, 0.6) is 0 Å². The Labute approximate surface area is 178 Å². The van der Waals surface area contributed by atoms with Gasteiger partial charge in [-0.2, -0.15) is 10.2 Å². The van der Waals surface area contributed by atoms with Crippen LogP contribution in [0.25, 0.3) is 33.4 Å². The number of nitrogens with zero attached hydrogens (tertiary/aromatic N) is 5. The predicted octanol–water partition coefficient (Wildman–Crippen LogP) is 2.54. The van der Waals surface area contributed by atoms with E-state index in [4.69, 9.17) is 0 Å². The number of carbonyl (C=O) groups excluding carboxylic acids is 1. The fraction of sp³-hybridized carbons (Fsp3) is 0.318. The lowest BCUT2D eigenvalue weighted by atomic mass is 9.85. The molecule has 0 radical (unpaired) electrons. The van der Waals surface area contributed by atoms with Crippen LogP contribution in [0, 0.1) is 5.92 Å². The van der Waals surface area contributed by atoms with E-state index >= 15 is 0 Å². The molecule has 1 aliphatic carbocycles. The van der Waals surface area contributed by atoms with Crippen molar-refractivity contribution in [1.29, 1.82) is 0 Å². The monoisotopic (exact) mass is 417 g/mol. The summed E-state index contributed by atoms with van der Waals surface area (Å²) in [4.78, 5) is 29.0. The third kappa shape index (κ3) is 3.63. The topological polar surface area (TPSA) is 110 Å². The first kappa shape index (κ1) is 19.2. The highest BCUT2D eigenvalue weighted by Gasteiger charge is 2.24. The number of rotatable bonds is 6. The summed E-state index contributed by atoms with van der Waals surface area (Å²) in [5.41, 5.74) is 3.87. The van der Waals surface area contributed by atoms with Crippen LogP contribution in [0.3, 0.4) is 0 Å². The van der Waals surface area contributed by atoms with Gasteiger partial charge in [0.05, 0.1) is 30.3 Å². The Morgan fingerprint density at radius 1 is 1.23 bits per heavy atom. The van der Waals surface area contributed by atoms with Crippen LogP contribution in [0.1, 0.15) is 26.2 Å². The van der Waals surface area contributed by atoms with Crippen LogP contribution < -0.4 is 10.9 Å². The van der Waals surface area contributed by atoms with Crippen LogP contribution in [0.4, 0.5) is 0 Å². The lowest BCUT2D eigenvalue weighted by Gasteiger charge is -2.24.